The van der Waals surface area contributed by atoms with E-state index in [0.29, 0.717) is 34.1 Å². The van der Waals surface area contributed by atoms with Crippen LogP contribution in [0.2, 0.25) is 0 Å². The predicted octanol–water partition coefficient (Wildman–Crippen LogP) is 5.19. The van der Waals surface area contributed by atoms with Crippen LogP contribution in [0.1, 0.15) is 27.9 Å². The Morgan fingerprint density at radius 3 is 2.57 bits per heavy atom. The van der Waals surface area contributed by atoms with Crippen LogP contribution in [0.3, 0.4) is 0 Å². The quantitative estimate of drug-likeness (QED) is 0.276. The molecule has 0 fully saturated rings. The Morgan fingerprint density at radius 2 is 1.88 bits per heavy atom. The van der Waals surface area contributed by atoms with Gasteiger partial charge in [-0.1, -0.05) is 12.1 Å². The van der Waals surface area contributed by atoms with Crippen molar-refractivity contribution in [1.29, 1.82) is 0 Å². The van der Waals surface area contributed by atoms with Gasteiger partial charge in [0.05, 0.1) is 12.2 Å². The van der Waals surface area contributed by atoms with E-state index in [2.05, 4.69) is 25.5 Å². The fraction of sp³-hybridized carbons (Fsp3) is 0.276. The molecular formula is C29H30F2N8O2S. The van der Waals surface area contributed by atoms with E-state index in [4.69, 9.17) is 4.98 Å². The molecule has 0 spiro atoms. The number of para-hydroxylation sites is 1. The minimum Gasteiger partial charge on any atom is -0.344 e. The summed E-state index contributed by atoms with van der Waals surface area (Å²) >= 11 is 1.30. The summed E-state index contributed by atoms with van der Waals surface area (Å²) in [6, 6.07) is 7.91. The van der Waals surface area contributed by atoms with Crippen LogP contribution in [0, 0.1) is 18.6 Å². The van der Waals surface area contributed by atoms with Gasteiger partial charge in [0.2, 0.25) is 5.95 Å². The van der Waals surface area contributed by atoms with Gasteiger partial charge in [0.1, 0.15) is 17.3 Å². The fourth-order valence-electron chi connectivity index (χ4n) is 4.65. The summed E-state index contributed by atoms with van der Waals surface area (Å²) in [7, 11) is 5.78. The minimum atomic E-state index is -0.906. The number of nitrogens with one attached hydrogen (secondary N) is 2. The van der Waals surface area contributed by atoms with Gasteiger partial charge in [-0.25, -0.2) is 28.4 Å². The van der Waals surface area contributed by atoms with Gasteiger partial charge >= 0.3 is 6.03 Å². The Bertz CT molecular complexity index is 1610. The Hall–Kier alpha value is -4.49. The molecule has 1 aliphatic heterocycles. The van der Waals surface area contributed by atoms with Crippen molar-refractivity contribution >= 4 is 45.9 Å². The number of halogens is 2. The lowest BCUT2D eigenvalue weighted by Gasteiger charge is -2.32. The monoisotopic (exact) mass is 592 g/mol. The molecule has 218 valence electrons. The Morgan fingerprint density at radius 1 is 1.12 bits per heavy atom. The van der Waals surface area contributed by atoms with Crippen molar-refractivity contribution in [2.75, 3.05) is 49.3 Å². The third-order valence-corrected chi connectivity index (χ3v) is 7.50. The normalized spacial score (nSPS) is 12.7. The average Bonchev–Trinajstić information content (AvgIpc) is 3.46. The Labute approximate surface area is 246 Å². The van der Waals surface area contributed by atoms with Gasteiger partial charge < -0.3 is 15.1 Å². The Kier molecular flexibility index (Phi) is 8.41. The summed E-state index contributed by atoms with van der Waals surface area (Å²) in [4.78, 5) is 44.7. The third-order valence-electron chi connectivity index (χ3n) is 6.81. The molecule has 0 atom stereocenters. The molecule has 13 heteroatoms. The van der Waals surface area contributed by atoms with Crippen LogP contribution >= 0.6 is 11.3 Å². The van der Waals surface area contributed by atoms with E-state index < -0.39 is 23.4 Å². The lowest BCUT2D eigenvalue weighted by atomic mass is 9.97. The number of urea groups is 1. The number of hydrogen-bond donors (Lipinski definition) is 2. The smallest absolute Gasteiger partial charge is 0.328 e. The first kappa shape index (κ1) is 29.0. The van der Waals surface area contributed by atoms with Gasteiger partial charge in [-0.05, 0) is 63.8 Å². The largest absolute Gasteiger partial charge is 0.344 e. The number of nitrogens with zero attached hydrogens (tertiary/aromatic N) is 6. The molecule has 0 radical (unpaired) electrons. The number of aryl methyl sites for hydroxylation is 1. The fourth-order valence-corrected chi connectivity index (χ4v) is 5.17. The van der Waals surface area contributed by atoms with Gasteiger partial charge in [0.15, 0.2) is 10.9 Å². The number of carbonyl (C=O) groups excluding carboxylic acids is 2. The van der Waals surface area contributed by atoms with Crippen LogP contribution < -0.4 is 20.4 Å². The zero-order chi connectivity index (χ0) is 30.0. The summed E-state index contributed by atoms with van der Waals surface area (Å²) in [6.07, 6.45) is 2.40. The van der Waals surface area contributed by atoms with Crippen molar-refractivity contribution in [3.8, 4) is 11.3 Å². The van der Waals surface area contributed by atoms with Gasteiger partial charge in [-0.15, -0.1) is 11.3 Å². The van der Waals surface area contributed by atoms with Gasteiger partial charge in [-0.2, -0.15) is 4.98 Å². The molecule has 4 aromatic rings. The molecular weight excluding hydrogens is 562 g/mol. The van der Waals surface area contributed by atoms with Crippen LogP contribution in [0.4, 0.5) is 36.2 Å². The molecule has 2 aromatic carbocycles. The SMILES string of the molecule is Cc1ccc(C(=O)Nc2nccs2)cc1-c1nc(N(C)CCCN(C)C)nc2c1CNC(=O)N2c1c(F)cccc1F. The maximum absolute atomic E-state index is 15.0. The second-order valence-corrected chi connectivity index (χ2v) is 11.0. The van der Waals surface area contributed by atoms with Gasteiger partial charge in [-0.3, -0.25) is 10.1 Å². The number of amides is 3. The molecule has 0 bridgehead atoms. The molecule has 0 saturated heterocycles. The first-order valence-corrected chi connectivity index (χ1v) is 14.1. The summed E-state index contributed by atoms with van der Waals surface area (Å²) in [5.41, 5.74) is 2.17. The van der Waals surface area contributed by atoms with Crippen molar-refractivity contribution in [3.05, 3.63) is 76.3 Å². The highest BCUT2D eigenvalue weighted by molar-refractivity contribution is 7.13. The molecule has 10 nitrogen and oxygen atoms in total. The van der Waals surface area contributed by atoms with Gasteiger partial charge in [0, 0.05) is 41.9 Å². The lowest BCUT2D eigenvalue weighted by molar-refractivity contribution is 0.102. The van der Waals surface area contributed by atoms with E-state index in [-0.39, 0.29) is 24.2 Å². The van der Waals surface area contributed by atoms with Crippen molar-refractivity contribution in [1.82, 2.24) is 25.2 Å². The molecule has 2 aromatic heterocycles. The minimum absolute atomic E-state index is 0.0235. The van der Waals surface area contributed by atoms with Crippen LogP contribution in [0.5, 0.6) is 0 Å². The maximum Gasteiger partial charge on any atom is 0.328 e. The number of thiazole rings is 1. The van der Waals surface area contributed by atoms with E-state index >= 15 is 8.78 Å². The molecule has 3 amide bonds. The number of benzene rings is 2. The molecule has 0 unspecified atom stereocenters. The van der Waals surface area contributed by atoms with E-state index in [1.54, 1.807) is 29.8 Å². The third kappa shape index (κ3) is 5.92. The van der Waals surface area contributed by atoms with E-state index in [9.17, 15) is 9.59 Å². The zero-order valence-electron chi connectivity index (χ0n) is 23.6. The number of aromatic nitrogens is 3. The maximum atomic E-state index is 15.0. The first-order valence-electron chi connectivity index (χ1n) is 13.2. The highest BCUT2D eigenvalue weighted by atomic mass is 32.1. The summed E-state index contributed by atoms with van der Waals surface area (Å²) in [5.74, 6) is -1.82. The number of carbonyl (C=O) groups is 2. The van der Waals surface area contributed by atoms with Crippen molar-refractivity contribution < 1.29 is 18.4 Å². The van der Waals surface area contributed by atoms with Gasteiger partial charge in [0.25, 0.3) is 5.91 Å². The number of rotatable bonds is 9. The van der Waals surface area contributed by atoms with Crippen molar-refractivity contribution in [2.24, 2.45) is 0 Å². The molecule has 1 aliphatic rings. The van der Waals surface area contributed by atoms with Crippen LogP contribution in [0.15, 0.2) is 48.0 Å². The summed E-state index contributed by atoms with van der Waals surface area (Å²) in [6.45, 7) is 3.32. The highest BCUT2D eigenvalue weighted by Gasteiger charge is 2.34. The van der Waals surface area contributed by atoms with Crippen molar-refractivity contribution in [3.63, 3.8) is 0 Å². The molecule has 0 aliphatic carbocycles. The van der Waals surface area contributed by atoms with Crippen molar-refractivity contribution in [2.45, 2.75) is 19.9 Å². The summed E-state index contributed by atoms with van der Waals surface area (Å²) in [5, 5.41) is 7.71. The second kappa shape index (κ2) is 12.2. The lowest BCUT2D eigenvalue weighted by Crippen LogP contribution is -2.43. The molecule has 3 heterocycles. The van der Waals surface area contributed by atoms with E-state index in [0.717, 1.165) is 35.6 Å². The molecule has 42 heavy (non-hydrogen) atoms. The van der Waals surface area contributed by atoms with Crippen LogP contribution in [-0.2, 0) is 6.54 Å². The number of hydrogen-bond acceptors (Lipinski definition) is 8. The topological polar surface area (TPSA) is 107 Å². The number of fused-ring (bicyclic) bond motifs is 1. The zero-order valence-corrected chi connectivity index (χ0v) is 24.4. The number of anilines is 4. The first-order chi connectivity index (χ1) is 20.1. The average molecular weight is 593 g/mol. The van der Waals surface area contributed by atoms with E-state index in [1.165, 1.54) is 17.4 Å². The molecule has 5 rings (SSSR count). The van der Waals surface area contributed by atoms with Crippen LogP contribution in [0.25, 0.3) is 11.3 Å². The molecule has 2 N–H and O–H groups in total. The summed E-state index contributed by atoms with van der Waals surface area (Å²) < 4.78 is 30.0. The highest BCUT2D eigenvalue weighted by Crippen LogP contribution is 2.39. The predicted molar refractivity (Wildman–Crippen MR) is 159 cm³/mol. The van der Waals surface area contributed by atoms with E-state index in [1.807, 2.05) is 33.0 Å². The standard InChI is InChI=1S/C29H30F2N8O2S/c1-17-9-10-18(26(40)36-28-32-11-14-42-28)15-19(17)23-20-16-33-29(41)39(24-21(30)7-5-8-22(24)31)25(20)35-27(34-23)38(4)13-6-12-37(2)3/h5,7-11,14-15H,6,12-13,16H2,1-4H3,(H,33,41)(H,32,36,40). The Balaban J connectivity index is 1.66. The second-order valence-electron chi connectivity index (χ2n) is 10.1. The van der Waals surface area contributed by atoms with Crippen LogP contribution in [-0.4, -0.2) is 66.0 Å². The molecule has 0 saturated carbocycles.